The number of nitrogens with zero attached hydrogens (tertiary/aromatic N) is 2. The van der Waals surface area contributed by atoms with Gasteiger partial charge in [-0.05, 0) is 30.2 Å². The van der Waals surface area contributed by atoms with Crippen molar-refractivity contribution in [3.05, 3.63) is 88.6 Å². The van der Waals surface area contributed by atoms with Crippen LogP contribution < -0.4 is 5.32 Å². The van der Waals surface area contributed by atoms with Crippen molar-refractivity contribution in [3.8, 4) is 0 Å². The first kappa shape index (κ1) is 22.4. The van der Waals surface area contributed by atoms with E-state index in [4.69, 9.17) is 11.6 Å². The number of furan rings is 1. The number of alkyl halides is 2. The quantitative estimate of drug-likeness (QED) is 0.481. The topological polar surface area (TPSA) is 75.4 Å². The summed E-state index contributed by atoms with van der Waals surface area (Å²) < 4.78 is 29.8. The van der Waals surface area contributed by atoms with Crippen LogP contribution >= 0.6 is 11.6 Å². The number of amides is 2. The first-order chi connectivity index (χ1) is 15.0. The van der Waals surface area contributed by atoms with E-state index in [9.17, 15) is 18.4 Å². The van der Waals surface area contributed by atoms with Crippen molar-refractivity contribution in [2.75, 3.05) is 13.1 Å². The van der Waals surface area contributed by atoms with Crippen molar-refractivity contribution >= 4 is 23.4 Å². The summed E-state index contributed by atoms with van der Waals surface area (Å²) >= 11 is 6.13. The number of hydrogen-bond donors (Lipinski definition) is 1. The molecule has 9 heteroatoms. The first-order valence-electron chi connectivity index (χ1n) is 9.54. The van der Waals surface area contributed by atoms with Gasteiger partial charge < -0.3 is 14.6 Å². The average Bonchev–Trinajstić information content (AvgIpc) is 3.27. The molecule has 0 bridgehead atoms. The van der Waals surface area contributed by atoms with Crippen LogP contribution in [0.2, 0.25) is 5.02 Å². The van der Waals surface area contributed by atoms with Crippen molar-refractivity contribution in [2.24, 2.45) is 0 Å². The van der Waals surface area contributed by atoms with Gasteiger partial charge in [-0.15, -0.1) is 0 Å². The lowest BCUT2D eigenvalue weighted by molar-refractivity contribution is 0.0735. The summed E-state index contributed by atoms with van der Waals surface area (Å²) in [6.07, 6.45) is 0.149. The zero-order chi connectivity index (χ0) is 22.2. The fourth-order valence-electron chi connectivity index (χ4n) is 2.91. The molecule has 0 saturated heterocycles. The predicted octanol–water partition coefficient (Wildman–Crippen LogP) is 4.73. The number of benzene rings is 1. The Labute approximate surface area is 182 Å². The molecule has 0 aliphatic rings. The average molecular weight is 448 g/mol. The number of hydrogen-bond acceptors (Lipinski definition) is 4. The van der Waals surface area contributed by atoms with Gasteiger partial charge in [0.25, 0.3) is 18.2 Å². The van der Waals surface area contributed by atoms with Crippen molar-refractivity contribution in [2.45, 2.75) is 19.4 Å². The van der Waals surface area contributed by atoms with Crippen molar-refractivity contribution < 1.29 is 22.8 Å². The monoisotopic (exact) mass is 447 g/mol. The van der Waals surface area contributed by atoms with Gasteiger partial charge in [-0.3, -0.25) is 9.59 Å². The van der Waals surface area contributed by atoms with E-state index >= 15 is 0 Å². The number of carbonyl (C=O) groups is 2. The molecule has 6 nitrogen and oxygen atoms in total. The Hall–Kier alpha value is -3.26. The molecule has 2 amide bonds. The van der Waals surface area contributed by atoms with Crippen molar-refractivity contribution in [1.29, 1.82) is 0 Å². The van der Waals surface area contributed by atoms with E-state index in [1.807, 2.05) is 30.3 Å². The molecule has 0 aliphatic carbocycles. The summed E-state index contributed by atoms with van der Waals surface area (Å²) in [6.45, 7) is 0.914. The molecular formula is C22H20ClF2N3O3. The van der Waals surface area contributed by atoms with E-state index in [1.165, 1.54) is 6.20 Å². The van der Waals surface area contributed by atoms with Gasteiger partial charge in [0.05, 0.1) is 10.6 Å². The fraction of sp³-hybridized carbons (Fsp3) is 0.227. The summed E-state index contributed by atoms with van der Waals surface area (Å²) in [6, 6.07) is 13.7. The van der Waals surface area contributed by atoms with Crippen LogP contribution in [-0.4, -0.2) is 34.8 Å². The number of carbonyl (C=O) groups excluding carboxylic acids is 2. The zero-order valence-electron chi connectivity index (χ0n) is 16.4. The van der Waals surface area contributed by atoms with Crippen LogP contribution in [0.4, 0.5) is 8.78 Å². The molecule has 0 radical (unpaired) electrons. The Kier molecular flexibility index (Phi) is 7.72. The van der Waals surface area contributed by atoms with Gasteiger partial charge in [0.15, 0.2) is 5.76 Å². The standard InChI is InChI=1S/C22H20ClF2N3O3/c23-17-8-4-9-26-19(17)22(30)28(13-15-6-2-1-3-7-15)11-5-10-27-21(29)16-12-18(20(24)25)31-14-16/h1-4,6-9,12,14,20H,5,10-11,13H2,(H,27,29). The maximum Gasteiger partial charge on any atom is 0.295 e. The fourth-order valence-corrected chi connectivity index (χ4v) is 3.11. The normalized spacial score (nSPS) is 10.8. The minimum absolute atomic E-state index is 0.0211. The molecule has 2 aromatic heterocycles. The highest BCUT2D eigenvalue weighted by atomic mass is 35.5. The number of halogens is 3. The van der Waals surface area contributed by atoms with Crippen LogP contribution in [0.5, 0.6) is 0 Å². The van der Waals surface area contributed by atoms with Crippen molar-refractivity contribution in [1.82, 2.24) is 15.2 Å². The Morgan fingerprint density at radius 2 is 1.94 bits per heavy atom. The van der Waals surface area contributed by atoms with Gasteiger partial charge in [0, 0.05) is 25.8 Å². The number of pyridine rings is 1. The molecule has 0 spiro atoms. The van der Waals surface area contributed by atoms with E-state index < -0.39 is 18.1 Å². The molecule has 2 heterocycles. The molecule has 0 unspecified atom stereocenters. The van der Waals surface area contributed by atoms with Crippen LogP contribution in [0.1, 0.15) is 45.0 Å². The molecule has 3 rings (SSSR count). The van der Waals surface area contributed by atoms with Crippen LogP contribution in [-0.2, 0) is 6.54 Å². The van der Waals surface area contributed by atoms with Crippen LogP contribution in [0.3, 0.4) is 0 Å². The summed E-state index contributed by atoms with van der Waals surface area (Å²) in [5.74, 6) is -1.40. The third-order valence-corrected chi connectivity index (χ3v) is 4.76. The lowest BCUT2D eigenvalue weighted by Crippen LogP contribution is -2.34. The highest BCUT2D eigenvalue weighted by Gasteiger charge is 2.20. The Morgan fingerprint density at radius 1 is 1.16 bits per heavy atom. The van der Waals surface area contributed by atoms with Crippen LogP contribution in [0.25, 0.3) is 0 Å². The number of aromatic nitrogens is 1. The molecular weight excluding hydrogens is 428 g/mol. The zero-order valence-corrected chi connectivity index (χ0v) is 17.2. The molecule has 162 valence electrons. The molecule has 0 saturated carbocycles. The third kappa shape index (κ3) is 6.11. The molecule has 31 heavy (non-hydrogen) atoms. The summed E-state index contributed by atoms with van der Waals surface area (Å²) in [5, 5.41) is 2.90. The maximum atomic E-state index is 13.0. The van der Waals surface area contributed by atoms with Crippen molar-refractivity contribution in [3.63, 3.8) is 0 Å². The number of rotatable bonds is 9. The summed E-state index contributed by atoms with van der Waals surface area (Å²) in [4.78, 5) is 30.8. The second-order valence-corrected chi connectivity index (χ2v) is 7.10. The van der Waals surface area contributed by atoms with E-state index in [-0.39, 0.29) is 28.7 Å². The van der Waals surface area contributed by atoms with Gasteiger partial charge >= 0.3 is 0 Å². The Bertz CT molecular complexity index is 1030. The molecule has 0 aliphatic heterocycles. The Morgan fingerprint density at radius 3 is 2.61 bits per heavy atom. The van der Waals surface area contributed by atoms with E-state index in [0.717, 1.165) is 17.9 Å². The maximum absolute atomic E-state index is 13.0. The van der Waals surface area contributed by atoms with Gasteiger partial charge in [-0.1, -0.05) is 41.9 Å². The van der Waals surface area contributed by atoms with E-state index in [2.05, 4.69) is 14.7 Å². The highest BCUT2D eigenvalue weighted by molar-refractivity contribution is 6.33. The van der Waals surface area contributed by atoms with Gasteiger partial charge in [0.2, 0.25) is 0 Å². The number of nitrogens with one attached hydrogen (secondary N) is 1. The molecule has 1 N–H and O–H groups in total. The smallest absolute Gasteiger partial charge is 0.295 e. The minimum atomic E-state index is -2.78. The molecule has 1 aromatic carbocycles. The second-order valence-electron chi connectivity index (χ2n) is 6.69. The molecule has 0 atom stereocenters. The molecule has 3 aromatic rings. The minimum Gasteiger partial charge on any atom is -0.462 e. The summed E-state index contributed by atoms with van der Waals surface area (Å²) in [7, 11) is 0. The lowest BCUT2D eigenvalue weighted by atomic mass is 10.2. The van der Waals surface area contributed by atoms with Crippen LogP contribution in [0.15, 0.2) is 65.4 Å². The van der Waals surface area contributed by atoms with Crippen LogP contribution in [0, 0.1) is 0 Å². The van der Waals surface area contributed by atoms with Gasteiger partial charge in [-0.25, -0.2) is 13.8 Å². The van der Waals surface area contributed by atoms with Gasteiger partial charge in [-0.2, -0.15) is 0 Å². The van der Waals surface area contributed by atoms with E-state index in [1.54, 1.807) is 17.0 Å². The summed E-state index contributed by atoms with van der Waals surface area (Å²) in [5.41, 5.74) is 1.11. The second kappa shape index (κ2) is 10.7. The third-order valence-electron chi connectivity index (χ3n) is 4.45. The molecule has 0 fully saturated rings. The predicted molar refractivity (Wildman–Crippen MR) is 111 cm³/mol. The SMILES string of the molecule is O=C(NCCCN(Cc1ccccc1)C(=O)c1ncccc1Cl)c1coc(C(F)F)c1. The highest BCUT2D eigenvalue weighted by Crippen LogP contribution is 2.21. The Balaban J connectivity index is 1.61. The van der Waals surface area contributed by atoms with Gasteiger partial charge in [0.1, 0.15) is 12.0 Å². The lowest BCUT2D eigenvalue weighted by Gasteiger charge is -2.23. The van der Waals surface area contributed by atoms with E-state index in [0.29, 0.717) is 19.5 Å². The largest absolute Gasteiger partial charge is 0.462 e. The first-order valence-corrected chi connectivity index (χ1v) is 9.92.